The van der Waals surface area contributed by atoms with Crippen LogP contribution in [-0.2, 0) is 11.8 Å². The average molecular weight is 295 g/mol. The number of hydrogen-bond acceptors (Lipinski definition) is 5. The molecule has 1 aromatic carbocycles. The van der Waals surface area contributed by atoms with Crippen molar-refractivity contribution in [2.24, 2.45) is 7.05 Å². The quantitative estimate of drug-likeness (QED) is 0.722. The minimum absolute atomic E-state index is 0.738. The van der Waals surface area contributed by atoms with Crippen molar-refractivity contribution < 1.29 is 4.74 Å². The first-order chi connectivity index (χ1) is 10.8. The lowest BCUT2D eigenvalue weighted by molar-refractivity contribution is 0.121. The van der Waals surface area contributed by atoms with Gasteiger partial charge in [-0.15, -0.1) is 5.10 Å². The number of aryl methyl sites for hydroxylation is 1. The Morgan fingerprint density at radius 1 is 1.14 bits per heavy atom. The van der Waals surface area contributed by atoms with E-state index in [1.54, 1.807) is 6.20 Å². The molecule has 4 rings (SSSR count). The summed E-state index contributed by atoms with van der Waals surface area (Å²) in [6, 6.07) is 8.14. The van der Waals surface area contributed by atoms with E-state index in [4.69, 9.17) is 9.72 Å². The van der Waals surface area contributed by atoms with Crippen LogP contribution in [0, 0.1) is 0 Å². The molecule has 3 aromatic rings. The fourth-order valence-corrected chi connectivity index (χ4v) is 2.85. The molecular weight excluding hydrogens is 278 g/mol. The Labute approximate surface area is 128 Å². The molecule has 1 aliphatic heterocycles. The molecule has 6 heteroatoms. The average Bonchev–Trinajstić information content (AvgIpc) is 2.97. The lowest BCUT2D eigenvalue weighted by Gasteiger charge is -2.26. The molecule has 1 saturated heterocycles. The number of benzene rings is 1. The van der Waals surface area contributed by atoms with Crippen molar-refractivity contribution in [2.75, 3.05) is 31.2 Å². The van der Waals surface area contributed by atoms with Gasteiger partial charge in [-0.1, -0.05) is 18.2 Å². The highest BCUT2D eigenvalue weighted by atomic mass is 16.5. The third-order valence-electron chi connectivity index (χ3n) is 3.96. The van der Waals surface area contributed by atoms with E-state index in [-0.39, 0.29) is 0 Å². The number of pyridine rings is 1. The smallest absolute Gasteiger partial charge is 0.224 e. The van der Waals surface area contributed by atoms with E-state index < -0.39 is 0 Å². The van der Waals surface area contributed by atoms with Crippen LogP contribution in [0.5, 0.6) is 0 Å². The summed E-state index contributed by atoms with van der Waals surface area (Å²) < 4.78 is 7.25. The van der Waals surface area contributed by atoms with Crippen LogP contribution in [0.15, 0.2) is 36.7 Å². The maximum absolute atomic E-state index is 5.40. The minimum Gasteiger partial charge on any atom is -0.378 e. The second-order valence-corrected chi connectivity index (χ2v) is 5.36. The fourth-order valence-electron chi connectivity index (χ4n) is 2.85. The summed E-state index contributed by atoms with van der Waals surface area (Å²) in [7, 11) is 1.94. The van der Waals surface area contributed by atoms with Gasteiger partial charge >= 0.3 is 0 Å². The van der Waals surface area contributed by atoms with E-state index >= 15 is 0 Å². The highest BCUT2D eigenvalue weighted by molar-refractivity contribution is 5.94. The molecular formula is C16H17N5O. The molecule has 22 heavy (non-hydrogen) atoms. The van der Waals surface area contributed by atoms with Gasteiger partial charge in [0.1, 0.15) is 0 Å². The van der Waals surface area contributed by atoms with E-state index in [1.165, 1.54) is 0 Å². The number of hydrogen-bond donors (Lipinski definition) is 0. The maximum atomic E-state index is 5.40. The van der Waals surface area contributed by atoms with Gasteiger partial charge in [-0.2, -0.15) is 4.98 Å². The van der Waals surface area contributed by atoms with Gasteiger partial charge in [-0.3, -0.25) is 4.98 Å². The van der Waals surface area contributed by atoms with Gasteiger partial charge in [-0.05, 0) is 11.5 Å². The van der Waals surface area contributed by atoms with Gasteiger partial charge < -0.3 is 9.64 Å². The Bertz CT molecular complexity index is 802. The molecule has 2 aromatic heterocycles. The number of morpholine rings is 1. The third-order valence-corrected chi connectivity index (χ3v) is 3.96. The maximum Gasteiger partial charge on any atom is 0.224 e. The second kappa shape index (κ2) is 5.38. The van der Waals surface area contributed by atoms with Crippen molar-refractivity contribution in [1.29, 1.82) is 0 Å². The van der Waals surface area contributed by atoms with Crippen molar-refractivity contribution in [2.45, 2.75) is 0 Å². The summed E-state index contributed by atoms with van der Waals surface area (Å²) >= 11 is 0. The Kier molecular flexibility index (Phi) is 3.23. The van der Waals surface area contributed by atoms with Crippen molar-refractivity contribution in [3.63, 3.8) is 0 Å². The minimum atomic E-state index is 0.738. The SMILES string of the molecule is Cn1nc(-c2cccc3cnccc23)nc1N1CCOCC1. The van der Waals surface area contributed by atoms with E-state index in [2.05, 4.69) is 27.1 Å². The first-order valence-electron chi connectivity index (χ1n) is 7.40. The zero-order valence-electron chi connectivity index (χ0n) is 12.4. The first kappa shape index (κ1) is 13.2. The van der Waals surface area contributed by atoms with E-state index in [0.29, 0.717) is 0 Å². The van der Waals surface area contributed by atoms with Gasteiger partial charge in [0, 0.05) is 43.5 Å². The van der Waals surface area contributed by atoms with Crippen molar-refractivity contribution in [3.8, 4) is 11.4 Å². The Balaban J connectivity index is 1.79. The number of aromatic nitrogens is 4. The summed E-state index contributed by atoms with van der Waals surface area (Å²) in [5.74, 6) is 1.64. The topological polar surface area (TPSA) is 56.1 Å². The molecule has 6 nitrogen and oxygen atoms in total. The predicted molar refractivity (Wildman–Crippen MR) is 84.8 cm³/mol. The van der Waals surface area contributed by atoms with Crippen molar-refractivity contribution in [1.82, 2.24) is 19.7 Å². The lowest BCUT2D eigenvalue weighted by atomic mass is 10.1. The number of ether oxygens (including phenoxy) is 1. The molecule has 0 radical (unpaired) electrons. The predicted octanol–water partition coefficient (Wildman–Crippen LogP) is 1.87. The van der Waals surface area contributed by atoms with E-state index in [1.807, 2.05) is 30.1 Å². The summed E-state index contributed by atoms with van der Waals surface area (Å²) in [6.45, 7) is 3.18. The van der Waals surface area contributed by atoms with Crippen LogP contribution in [0.1, 0.15) is 0 Å². The Morgan fingerprint density at radius 3 is 2.86 bits per heavy atom. The van der Waals surface area contributed by atoms with Crippen LogP contribution < -0.4 is 4.90 Å². The lowest BCUT2D eigenvalue weighted by Crippen LogP contribution is -2.37. The van der Waals surface area contributed by atoms with Crippen LogP contribution in [0.25, 0.3) is 22.2 Å². The van der Waals surface area contributed by atoms with Gasteiger partial charge in [0.25, 0.3) is 0 Å². The molecule has 0 amide bonds. The summed E-state index contributed by atoms with van der Waals surface area (Å²) in [4.78, 5) is 11.1. The molecule has 0 unspecified atom stereocenters. The second-order valence-electron chi connectivity index (χ2n) is 5.36. The number of nitrogens with zero attached hydrogens (tertiary/aromatic N) is 5. The van der Waals surface area contributed by atoms with Crippen molar-refractivity contribution in [3.05, 3.63) is 36.7 Å². The molecule has 0 spiro atoms. The highest BCUT2D eigenvalue weighted by Crippen LogP contribution is 2.27. The largest absolute Gasteiger partial charge is 0.378 e. The number of rotatable bonds is 2. The van der Waals surface area contributed by atoms with Crippen LogP contribution in [0.3, 0.4) is 0 Å². The number of fused-ring (bicyclic) bond motifs is 1. The summed E-state index contributed by atoms with van der Waals surface area (Å²) in [5.41, 5.74) is 1.04. The van der Waals surface area contributed by atoms with E-state index in [0.717, 1.165) is 54.4 Å². The highest BCUT2D eigenvalue weighted by Gasteiger charge is 2.19. The molecule has 0 aliphatic carbocycles. The Hall–Kier alpha value is -2.47. The fraction of sp³-hybridized carbons (Fsp3) is 0.312. The van der Waals surface area contributed by atoms with Gasteiger partial charge in [0.15, 0.2) is 5.82 Å². The van der Waals surface area contributed by atoms with Crippen molar-refractivity contribution >= 4 is 16.7 Å². The molecule has 0 N–H and O–H groups in total. The molecule has 1 fully saturated rings. The zero-order chi connectivity index (χ0) is 14.9. The molecule has 0 atom stereocenters. The standard InChI is InChI=1S/C16H17N5O/c1-20-16(21-7-9-22-10-8-21)18-15(19-20)14-4-2-3-12-11-17-6-5-13(12)14/h2-6,11H,7-10H2,1H3. The van der Waals surface area contributed by atoms with Crippen LogP contribution in [0.2, 0.25) is 0 Å². The van der Waals surface area contributed by atoms with E-state index in [9.17, 15) is 0 Å². The van der Waals surface area contributed by atoms with Gasteiger partial charge in [-0.25, -0.2) is 4.68 Å². The first-order valence-corrected chi connectivity index (χ1v) is 7.40. The third kappa shape index (κ3) is 2.21. The number of anilines is 1. The van der Waals surface area contributed by atoms with Gasteiger partial charge in [0.05, 0.1) is 13.2 Å². The molecule has 0 saturated carbocycles. The molecule has 112 valence electrons. The monoisotopic (exact) mass is 295 g/mol. The summed E-state index contributed by atoms with van der Waals surface area (Å²) in [6.07, 6.45) is 3.67. The molecule has 1 aliphatic rings. The summed E-state index contributed by atoms with van der Waals surface area (Å²) in [5, 5.41) is 6.83. The van der Waals surface area contributed by atoms with Crippen LogP contribution in [0.4, 0.5) is 5.95 Å². The normalized spacial score (nSPS) is 15.4. The van der Waals surface area contributed by atoms with Crippen LogP contribution >= 0.6 is 0 Å². The molecule has 0 bridgehead atoms. The Morgan fingerprint density at radius 2 is 2.00 bits per heavy atom. The van der Waals surface area contributed by atoms with Crippen LogP contribution in [-0.4, -0.2) is 46.1 Å². The molecule has 3 heterocycles. The van der Waals surface area contributed by atoms with Gasteiger partial charge in [0.2, 0.25) is 5.95 Å². The zero-order valence-corrected chi connectivity index (χ0v) is 12.4.